The van der Waals surface area contributed by atoms with Crippen LogP contribution in [0.4, 0.5) is 4.39 Å². The van der Waals surface area contributed by atoms with Gasteiger partial charge in [0.1, 0.15) is 5.82 Å². The molecule has 32 heavy (non-hydrogen) atoms. The molecule has 0 aliphatic carbocycles. The number of piperidine rings is 1. The van der Waals surface area contributed by atoms with E-state index in [2.05, 4.69) is 6.07 Å². The van der Waals surface area contributed by atoms with E-state index in [0.717, 1.165) is 41.9 Å². The first-order valence-electron chi connectivity index (χ1n) is 11.1. The molecule has 166 valence electrons. The second kappa shape index (κ2) is 10.0. The van der Waals surface area contributed by atoms with Gasteiger partial charge in [0.15, 0.2) is 0 Å². The number of pyridine rings is 1. The van der Waals surface area contributed by atoms with Crippen molar-refractivity contribution >= 4 is 5.91 Å². The van der Waals surface area contributed by atoms with Crippen LogP contribution in [0.25, 0.3) is 0 Å². The first-order valence-corrected chi connectivity index (χ1v) is 11.1. The number of nitrogens with zero attached hydrogens (tertiary/aromatic N) is 2. The van der Waals surface area contributed by atoms with Crippen LogP contribution in [-0.4, -0.2) is 36.0 Å². The zero-order chi connectivity index (χ0) is 22.5. The fourth-order valence-corrected chi connectivity index (χ4v) is 4.44. The zero-order valence-electron chi connectivity index (χ0n) is 18.7. The highest BCUT2D eigenvalue weighted by Crippen LogP contribution is 2.28. The van der Waals surface area contributed by atoms with Crippen LogP contribution >= 0.6 is 0 Å². The van der Waals surface area contributed by atoms with Gasteiger partial charge in [-0.15, -0.1) is 0 Å². The molecule has 1 unspecified atom stereocenters. The van der Waals surface area contributed by atoms with Gasteiger partial charge in [0.25, 0.3) is 5.91 Å². The van der Waals surface area contributed by atoms with Gasteiger partial charge in [0, 0.05) is 49.5 Å². The molecule has 0 saturated carbocycles. The number of rotatable bonds is 6. The number of aromatic nitrogens is 1. The molecule has 0 bridgehead atoms. The molecule has 4 rings (SSSR count). The summed E-state index contributed by atoms with van der Waals surface area (Å²) < 4.78 is 19.3. The molecule has 2 heterocycles. The summed E-state index contributed by atoms with van der Waals surface area (Å²) in [7, 11) is 1.66. The Labute approximate surface area is 189 Å². The van der Waals surface area contributed by atoms with Gasteiger partial charge in [-0.3, -0.25) is 9.78 Å². The Balaban J connectivity index is 1.49. The van der Waals surface area contributed by atoms with Gasteiger partial charge < -0.3 is 9.64 Å². The Kier molecular flexibility index (Phi) is 6.96. The van der Waals surface area contributed by atoms with E-state index in [-0.39, 0.29) is 17.6 Å². The minimum absolute atomic E-state index is 0.0536. The van der Waals surface area contributed by atoms with Crippen molar-refractivity contribution in [2.24, 2.45) is 0 Å². The maximum atomic E-state index is 14.1. The smallest absolute Gasteiger partial charge is 0.253 e. The lowest BCUT2D eigenvalue weighted by Crippen LogP contribution is -2.39. The van der Waals surface area contributed by atoms with E-state index in [4.69, 9.17) is 9.72 Å². The highest BCUT2D eigenvalue weighted by atomic mass is 19.1. The first-order chi connectivity index (χ1) is 15.5. The molecular weight excluding hydrogens is 403 g/mol. The number of hydrogen-bond donors (Lipinski definition) is 0. The Morgan fingerprint density at radius 1 is 1.12 bits per heavy atom. The van der Waals surface area contributed by atoms with Gasteiger partial charge in [0.05, 0.1) is 6.61 Å². The number of aryl methyl sites for hydroxylation is 1. The minimum Gasteiger partial charge on any atom is -0.380 e. The summed E-state index contributed by atoms with van der Waals surface area (Å²) in [5.74, 6) is 0.0482. The normalized spacial score (nSPS) is 16.2. The van der Waals surface area contributed by atoms with Crippen molar-refractivity contribution in [3.05, 3.63) is 100 Å². The van der Waals surface area contributed by atoms with Crippen LogP contribution in [0.2, 0.25) is 0 Å². The van der Waals surface area contributed by atoms with Crippen LogP contribution in [0.5, 0.6) is 0 Å². The molecule has 1 aromatic heterocycles. The number of hydrogen-bond acceptors (Lipinski definition) is 3. The number of ether oxygens (including phenoxy) is 1. The van der Waals surface area contributed by atoms with Gasteiger partial charge in [-0.2, -0.15) is 0 Å². The fourth-order valence-electron chi connectivity index (χ4n) is 4.44. The summed E-state index contributed by atoms with van der Waals surface area (Å²) >= 11 is 0. The van der Waals surface area contributed by atoms with Crippen molar-refractivity contribution in [3.8, 4) is 0 Å². The summed E-state index contributed by atoms with van der Waals surface area (Å²) in [6.45, 7) is 3.91. The molecule has 5 heteroatoms. The van der Waals surface area contributed by atoms with Gasteiger partial charge in [-0.05, 0) is 66.8 Å². The second-order valence-electron chi connectivity index (χ2n) is 8.53. The fraction of sp³-hybridized carbons (Fsp3) is 0.333. The quantitative estimate of drug-likeness (QED) is 0.532. The molecule has 1 atom stereocenters. The SMILES string of the molecule is COCc1ccc(C(=O)N2CCCC(c3cc(Cc4ccccc4F)cc(C)n3)C2)cc1. The highest BCUT2D eigenvalue weighted by molar-refractivity contribution is 5.94. The van der Waals surface area contributed by atoms with Crippen LogP contribution in [0.3, 0.4) is 0 Å². The number of halogens is 1. The van der Waals surface area contributed by atoms with Gasteiger partial charge in [-0.25, -0.2) is 4.39 Å². The monoisotopic (exact) mass is 432 g/mol. The lowest BCUT2D eigenvalue weighted by Gasteiger charge is -2.33. The number of likely N-dealkylation sites (tertiary alicyclic amines) is 1. The molecule has 1 aliphatic rings. The Morgan fingerprint density at radius 3 is 2.66 bits per heavy atom. The summed E-state index contributed by atoms with van der Waals surface area (Å²) in [4.78, 5) is 19.8. The number of methoxy groups -OCH3 is 1. The summed E-state index contributed by atoms with van der Waals surface area (Å²) in [6.07, 6.45) is 2.47. The summed E-state index contributed by atoms with van der Waals surface area (Å²) in [5, 5.41) is 0. The van der Waals surface area contributed by atoms with E-state index in [9.17, 15) is 9.18 Å². The van der Waals surface area contributed by atoms with Crippen LogP contribution in [0.1, 0.15) is 57.2 Å². The van der Waals surface area contributed by atoms with Crippen LogP contribution in [0.15, 0.2) is 60.7 Å². The van der Waals surface area contributed by atoms with E-state index < -0.39 is 0 Å². The summed E-state index contributed by atoms with van der Waals surface area (Å²) in [6, 6.07) is 18.6. The lowest BCUT2D eigenvalue weighted by molar-refractivity contribution is 0.0706. The third-order valence-corrected chi connectivity index (χ3v) is 6.02. The Morgan fingerprint density at radius 2 is 1.91 bits per heavy atom. The maximum Gasteiger partial charge on any atom is 0.253 e. The molecule has 3 aromatic rings. The number of carbonyl (C=O) groups excluding carboxylic acids is 1. The van der Waals surface area contributed by atoms with Crippen molar-refractivity contribution in [2.45, 2.75) is 38.7 Å². The molecule has 0 N–H and O–H groups in total. The second-order valence-corrected chi connectivity index (χ2v) is 8.53. The van der Waals surface area contributed by atoms with Crippen molar-refractivity contribution in [1.82, 2.24) is 9.88 Å². The van der Waals surface area contributed by atoms with E-state index in [0.29, 0.717) is 30.7 Å². The van der Waals surface area contributed by atoms with Crippen molar-refractivity contribution < 1.29 is 13.9 Å². The third-order valence-electron chi connectivity index (χ3n) is 6.02. The third kappa shape index (κ3) is 5.22. The predicted octanol–water partition coefficient (Wildman–Crippen LogP) is 5.29. The van der Waals surface area contributed by atoms with E-state index in [1.165, 1.54) is 6.07 Å². The minimum atomic E-state index is -0.186. The van der Waals surface area contributed by atoms with Crippen LogP contribution in [-0.2, 0) is 17.8 Å². The summed E-state index contributed by atoms with van der Waals surface area (Å²) in [5.41, 5.74) is 5.39. The molecule has 2 aromatic carbocycles. The average molecular weight is 433 g/mol. The van der Waals surface area contributed by atoms with Gasteiger partial charge >= 0.3 is 0 Å². The molecule has 0 radical (unpaired) electrons. The topological polar surface area (TPSA) is 42.4 Å². The first kappa shape index (κ1) is 22.2. The number of benzene rings is 2. The molecule has 1 amide bonds. The largest absolute Gasteiger partial charge is 0.380 e. The Hall–Kier alpha value is -3.05. The lowest BCUT2D eigenvalue weighted by atomic mass is 9.92. The highest BCUT2D eigenvalue weighted by Gasteiger charge is 2.26. The predicted molar refractivity (Wildman–Crippen MR) is 123 cm³/mol. The van der Waals surface area contributed by atoms with E-state index in [1.54, 1.807) is 13.2 Å². The average Bonchev–Trinajstić information content (AvgIpc) is 2.81. The number of amides is 1. The van der Waals surface area contributed by atoms with Gasteiger partial charge in [0.2, 0.25) is 0 Å². The molecule has 1 aliphatic heterocycles. The van der Waals surface area contributed by atoms with Crippen LogP contribution < -0.4 is 0 Å². The maximum absolute atomic E-state index is 14.1. The number of carbonyl (C=O) groups is 1. The van der Waals surface area contributed by atoms with Crippen molar-refractivity contribution in [2.75, 3.05) is 20.2 Å². The van der Waals surface area contributed by atoms with Gasteiger partial charge in [-0.1, -0.05) is 30.3 Å². The standard InChI is InChI=1S/C27H29FN2O2/c1-19-14-21(15-23-6-3-4-8-25(23)28)16-26(29-19)24-7-5-13-30(17-24)27(31)22-11-9-20(10-12-22)18-32-2/h3-4,6,8-12,14,16,24H,5,7,13,15,17-18H2,1-2H3. The molecule has 4 nitrogen and oxygen atoms in total. The molecular formula is C27H29FN2O2. The van der Waals surface area contributed by atoms with E-state index in [1.807, 2.05) is 54.3 Å². The van der Waals surface area contributed by atoms with Crippen LogP contribution in [0, 0.1) is 12.7 Å². The zero-order valence-corrected chi connectivity index (χ0v) is 18.7. The molecule has 0 spiro atoms. The molecule has 1 saturated heterocycles. The van der Waals surface area contributed by atoms with Crippen molar-refractivity contribution in [3.63, 3.8) is 0 Å². The van der Waals surface area contributed by atoms with E-state index >= 15 is 0 Å². The Bertz CT molecular complexity index is 1080. The molecule has 1 fully saturated rings. The van der Waals surface area contributed by atoms with Crippen molar-refractivity contribution in [1.29, 1.82) is 0 Å².